The molecule has 2 aliphatic rings. The molecule has 3 aromatic rings. The maximum atomic E-state index is 6.50. The van der Waals surface area contributed by atoms with Gasteiger partial charge in [-0.15, -0.1) is 22.7 Å². The van der Waals surface area contributed by atoms with Crippen LogP contribution < -0.4 is 10.6 Å². The van der Waals surface area contributed by atoms with E-state index in [1.54, 1.807) is 12.5 Å². The molecule has 7 heteroatoms. The second-order valence-electron chi connectivity index (χ2n) is 8.12. The Kier molecular flexibility index (Phi) is 5.93. The molecule has 2 atom stereocenters. The molecule has 5 rings (SSSR count). The van der Waals surface area contributed by atoms with Gasteiger partial charge in [0.1, 0.15) is 0 Å². The number of nitrogens with one attached hydrogen (secondary N) is 2. The maximum Gasteiger partial charge on any atom is 0.0995 e. The lowest BCUT2D eigenvalue weighted by Crippen LogP contribution is -2.28. The monoisotopic (exact) mass is 480 g/mol. The summed E-state index contributed by atoms with van der Waals surface area (Å²) < 4.78 is 1.30. The number of hydrogen-bond donors (Lipinski definition) is 2. The standard InChI is InChI=1S/C25H25ClN4S2/c1-4-17-11-18(31-25(17)21-7-8-27-13-29-21)9-16-5-6-22-19(10-16)14(2)24(32-22)23-20(26)12-28-15(3)30-23/h5-8,10-13,21,23H,4,9H2,1-3H3,(H,27,29)(H,28,30). The predicted octanol–water partition coefficient (Wildman–Crippen LogP) is 6.75. The fourth-order valence-electron chi connectivity index (χ4n) is 4.26. The summed E-state index contributed by atoms with van der Waals surface area (Å²) in [6.45, 7) is 6.40. The fourth-order valence-corrected chi connectivity index (χ4v) is 7.13. The zero-order valence-corrected chi connectivity index (χ0v) is 20.7. The smallest absolute Gasteiger partial charge is 0.0995 e. The number of thiophene rings is 2. The molecule has 0 radical (unpaired) electrons. The average molecular weight is 481 g/mol. The third kappa shape index (κ3) is 4.03. The molecule has 1 aromatic carbocycles. The number of rotatable bonds is 5. The molecule has 32 heavy (non-hydrogen) atoms. The molecule has 0 spiro atoms. The van der Waals surface area contributed by atoms with Gasteiger partial charge in [-0.25, -0.2) is 9.98 Å². The fraction of sp³-hybridized carbons (Fsp3) is 0.280. The SMILES string of the molecule is CCc1cc(Cc2ccc3sc(C4NC(C)=NC=C4Cl)c(C)c3c2)sc1C1C=CN=CN1. The topological polar surface area (TPSA) is 48.8 Å². The first kappa shape index (κ1) is 21.4. The van der Waals surface area contributed by atoms with E-state index in [1.165, 1.54) is 41.4 Å². The van der Waals surface area contributed by atoms with Gasteiger partial charge in [0.15, 0.2) is 0 Å². The molecule has 0 saturated heterocycles. The molecule has 4 heterocycles. The van der Waals surface area contributed by atoms with Crippen molar-refractivity contribution in [3.8, 4) is 0 Å². The Morgan fingerprint density at radius 1 is 1.12 bits per heavy atom. The van der Waals surface area contributed by atoms with Crippen molar-refractivity contribution in [2.45, 2.75) is 45.7 Å². The minimum atomic E-state index is -0.0124. The van der Waals surface area contributed by atoms with Gasteiger partial charge in [-0.2, -0.15) is 0 Å². The molecule has 0 aliphatic carbocycles. The lowest BCUT2D eigenvalue weighted by Gasteiger charge is -2.21. The van der Waals surface area contributed by atoms with Gasteiger partial charge in [0, 0.05) is 38.2 Å². The summed E-state index contributed by atoms with van der Waals surface area (Å²) in [5.74, 6) is 0.894. The van der Waals surface area contributed by atoms with Crippen molar-refractivity contribution >= 4 is 56.5 Å². The molecular weight excluding hydrogens is 456 g/mol. The normalized spacial score (nSPS) is 20.1. The Balaban J connectivity index is 1.44. The van der Waals surface area contributed by atoms with Crippen LogP contribution >= 0.6 is 34.3 Å². The minimum Gasteiger partial charge on any atom is -0.365 e. The van der Waals surface area contributed by atoms with Crippen LogP contribution in [0.3, 0.4) is 0 Å². The number of benzene rings is 1. The van der Waals surface area contributed by atoms with E-state index < -0.39 is 0 Å². The summed E-state index contributed by atoms with van der Waals surface area (Å²) in [6.07, 6.45) is 9.52. The highest BCUT2D eigenvalue weighted by atomic mass is 35.5. The van der Waals surface area contributed by atoms with Gasteiger partial charge in [-0.3, -0.25) is 0 Å². The minimum absolute atomic E-state index is 0.0124. The van der Waals surface area contributed by atoms with Crippen molar-refractivity contribution in [1.82, 2.24) is 10.6 Å². The van der Waals surface area contributed by atoms with Crippen molar-refractivity contribution in [3.05, 3.63) is 79.1 Å². The number of aliphatic imine (C=N–C) groups is 2. The Labute approximate surface area is 201 Å². The van der Waals surface area contributed by atoms with Crippen LogP contribution in [0.1, 0.15) is 57.3 Å². The highest BCUT2D eigenvalue weighted by molar-refractivity contribution is 7.19. The molecule has 2 aromatic heterocycles. The first-order valence-electron chi connectivity index (χ1n) is 10.8. The van der Waals surface area contributed by atoms with E-state index in [4.69, 9.17) is 11.6 Å². The first-order valence-corrected chi connectivity index (χ1v) is 12.8. The van der Waals surface area contributed by atoms with Crippen LogP contribution in [0, 0.1) is 6.92 Å². The lowest BCUT2D eigenvalue weighted by molar-refractivity contribution is 0.769. The Morgan fingerprint density at radius 2 is 2.00 bits per heavy atom. The van der Waals surface area contributed by atoms with Crippen molar-refractivity contribution in [2.75, 3.05) is 0 Å². The van der Waals surface area contributed by atoms with Gasteiger partial charge in [0.25, 0.3) is 0 Å². The molecular formula is C25H25ClN4S2. The van der Waals surface area contributed by atoms with E-state index in [0.29, 0.717) is 0 Å². The third-order valence-corrected chi connectivity index (χ3v) is 8.85. The molecule has 2 aliphatic heterocycles. The van der Waals surface area contributed by atoms with Crippen molar-refractivity contribution in [1.29, 1.82) is 0 Å². The number of fused-ring (bicyclic) bond motifs is 1. The molecule has 164 valence electrons. The van der Waals surface area contributed by atoms with Crippen molar-refractivity contribution in [2.24, 2.45) is 9.98 Å². The van der Waals surface area contributed by atoms with Crippen LogP contribution in [0.4, 0.5) is 0 Å². The highest BCUT2D eigenvalue weighted by Crippen LogP contribution is 2.40. The van der Waals surface area contributed by atoms with Crippen LogP contribution in [-0.2, 0) is 12.8 Å². The number of hydrogen-bond acceptors (Lipinski definition) is 6. The molecule has 4 nitrogen and oxygen atoms in total. The second-order valence-corrected chi connectivity index (χ2v) is 10.8. The summed E-state index contributed by atoms with van der Waals surface area (Å²) in [4.78, 5) is 12.5. The number of nitrogens with zero attached hydrogens (tertiary/aromatic N) is 2. The van der Waals surface area contributed by atoms with E-state index in [-0.39, 0.29) is 12.1 Å². The van der Waals surface area contributed by atoms with E-state index >= 15 is 0 Å². The van der Waals surface area contributed by atoms with E-state index in [0.717, 1.165) is 23.7 Å². The van der Waals surface area contributed by atoms with Crippen molar-refractivity contribution in [3.63, 3.8) is 0 Å². The molecule has 0 saturated carbocycles. The van der Waals surface area contributed by atoms with Gasteiger partial charge in [-0.05, 0) is 66.6 Å². The van der Waals surface area contributed by atoms with E-state index in [2.05, 4.69) is 64.8 Å². The van der Waals surface area contributed by atoms with Crippen LogP contribution in [0.25, 0.3) is 10.1 Å². The molecule has 0 amide bonds. The van der Waals surface area contributed by atoms with E-state index in [9.17, 15) is 0 Å². The van der Waals surface area contributed by atoms with E-state index in [1.807, 2.05) is 35.8 Å². The maximum absolute atomic E-state index is 6.50. The quantitative estimate of drug-likeness (QED) is 0.424. The Bertz CT molecular complexity index is 1290. The van der Waals surface area contributed by atoms with Gasteiger partial charge < -0.3 is 10.6 Å². The van der Waals surface area contributed by atoms with Crippen molar-refractivity contribution < 1.29 is 0 Å². The number of halogens is 1. The molecule has 2 N–H and O–H groups in total. The molecule has 0 bridgehead atoms. The summed E-state index contributed by atoms with van der Waals surface area (Å²) in [7, 11) is 0. The summed E-state index contributed by atoms with van der Waals surface area (Å²) >= 11 is 10.2. The Morgan fingerprint density at radius 3 is 2.78 bits per heavy atom. The second kappa shape index (κ2) is 8.85. The first-order chi connectivity index (χ1) is 15.5. The lowest BCUT2D eigenvalue weighted by atomic mass is 10.0. The number of aryl methyl sites for hydroxylation is 2. The van der Waals surface area contributed by atoms with Crippen LogP contribution in [-0.4, -0.2) is 12.2 Å². The zero-order valence-electron chi connectivity index (χ0n) is 18.3. The zero-order chi connectivity index (χ0) is 22.2. The van der Waals surface area contributed by atoms with Crippen LogP contribution in [0.5, 0.6) is 0 Å². The Hall–Kier alpha value is -2.41. The summed E-state index contributed by atoms with van der Waals surface area (Å²) in [5.41, 5.74) is 4.05. The van der Waals surface area contributed by atoms with Gasteiger partial charge in [-0.1, -0.05) is 24.6 Å². The summed E-state index contributed by atoms with van der Waals surface area (Å²) in [5, 5.41) is 8.84. The molecule has 2 unspecified atom stereocenters. The molecule has 0 fully saturated rings. The average Bonchev–Trinajstić information content (AvgIpc) is 3.37. The van der Waals surface area contributed by atoms with Crippen LogP contribution in [0.15, 0.2) is 57.8 Å². The van der Waals surface area contributed by atoms with Gasteiger partial charge in [0.2, 0.25) is 0 Å². The van der Waals surface area contributed by atoms with Gasteiger partial charge >= 0.3 is 0 Å². The largest absolute Gasteiger partial charge is 0.365 e. The highest BCUT2D eigenvalue weighted by Gasteiger charge is 2.24. The van der Waals surface area contributed by atoms with Gasteiger partial charge in [0.05, 0.1) is 29.3 Å². The third-order valence-electron chi connectivity index (χ3n) is 5.94. The van der Waals surface area contributed by atoms with Crippen LogP contribution in [0.2, 0.25) is 0 Å². The summed E-state index contributed by atoms with van der Waals surface area (Å²) in [6, 6.07) is 9.44. The number of amidine groups is 1. The predicted molar refractivity (Wildman–Crippen MR) is 139 cm³/mol.